The van der Waals surface area contributed by atoms with E-state index >= 15 is 0 Å². The molecule has 0 aromatic heterocycles. The first-order valence-corrected chi connectivity index (χ1v) is 13.1. The summed E-state index contributed by atoms with van der Waals surface area (Å²) in [5.74, 6) is -1.03. The molecule has 2 aromatic rings. The largest absolute Gasteiger partial charge is 0.395 e. The second kappa shape index (κ2) is 11.8. The van der Waals surface area contributed by atoms with E-state index < -0.39 is 23.3 Å². The number of aliphatic hydroxyl groups is 2. The average molecular weight is 522 g/mol. The third-order valence-electron chi connectivity index (χ3n) is 8.04. The predicted octanol–water partition coefficient (Wildman–Crippen LogP) is 3.83. The number of allylic oxidation sites excluding steroid dienone is 2. The molecule has 2 unspecified atom stereocenters. The van der Waals surface area contributed by atoms with E-state index in [-0.39, 0.29) is 29.7 Å². The van der Waals surface area contributed by atoms with Gasteiger partial charge in [-0.3, -0.25) is 9.59 Å². The van der Waals surface area contributed by atoms with Crippen LogP contribution in [0, 0.1) is 24.1 Å². The molecule has 1 fully saturated rings. The van der Waals surface area contributed by atoms with Crippen LogP contribution < -0.4 is 5.32 Å². The molecule has 6 nitrogen and oxygen atoms in total. The van der Waals surface area contributed by atoms with Crippen molar-refractivity contribution in [1.82, 2.24) is 5.32 Å². The zero-order chi connectivity index (χ0) is 27.3. The van der Waals surface area contributed by atoms with Gasteiger partial charge in [0.1, 0.15) is 5.82 Å². The number of hydrogen-bond acceptors (Lipinski definition) is 6. The number of ketones is 2. The topological polar surface area (TPSA) is 95.9 Å². The number of aliphatic hydroxyl groups excluding tert-OH is 2. The van der Waals surface area contributed by atoms with Crippen LogP contribution in [0.1, 0.15) is 46.3 Å². The fourth-order valence-electron chi connectivity index (χ4n) is 5.71. The summed E-state index contributed by atoms with van der Waals surface area (Å²) in [6.07, 6.45) is 7.17. The highest BCUT2D eigenvalue weighted by atomic mass is 19.1. The number of carbonyl (C=O) groups excluding carboxylic acids is 2. The Kier molecular flexibility index (Phi) is 8.73. The normalized spacial score (nSPS) is 25.2. The average Bonchev–Trinajstić information content (AvgIpc) is 2.97. The van der Waals surface area contributed by atoms with Crippen LogP contribution in [0.25, 0.3) is 0 Å². The van der Waals surface area contributed by atoms with Crippen LogP contribution >= 0.6 is 0 Å². The monoisotopic (exact) mass is 521 g/mol. The highest BCUT2D eigenvalue weighted by Gasteiger charge is 2.48. The summed E-state index contributed by atoms with van der Waals surface area (Å²) in [4.78, 5) is 28.3. The van der Waals surface area contributed by atoms with Gasteiger partial charge in [0.25, 0.3) is 0 Å². The molecular formula is C31H36FNO5. The van der Waals surface area contributed by atoms with Crippen LogP contribution in [0.3, 0.4) is 0 Å². The second-order valence-electron chi connectivity index (χ2n) is 10.3. The van der Waals surface area contributed by atoms with Crippen molar-refractivity contribution in [3.05, 3.63) is 94.3 Å². The Morgan fingerprint density at radius 1 is 1.13 bits per heavy atom. The van der Waals surface area contributed by atoms with Crippen LogP contribution in [-0.2, 0) is 21.6 Å². The van der Waals surface area contributed by atoms with Crippen molar-refractivity contribution < 1.29 is 28.9 Å². The Balaban J connectivity index is 1.92. The van der Waals surface area contributed by atoms with Crippen LogP contribution in [0.5, 0.6) is 0 Å². The molecule has 2 aliphatic rings. The molecule has 0 spiro atoms. The van der Waals surface area contributed by atoms with Gasteiger partial charge in [-0.25, -0.2) is 4.39 Å². The smallest absolute Gasteiger partial charge is 0.190 e. The summed E-state index contributed by atoms with van der Waals surface area (Å²) in [5, 5.41) is 23.6. The van der Waals surface area contributed by atoms with E-state index in [0.717, 1.165) is 19.4 Å². The zero-order valence-corrected chi connectivity index (χ0v) is 22.0. The van der Waals surface area contributed by atoms with Gasteiger partial charge in [0.15, 0.2) is 11.6 Å². The van der Waals surface area contributed by atoms with Crippen LogP contribution in [0.4, 0.5) is 4.39 Å². The Hall–Kier alpha value is -2.97. The van der Waals surface area contributed by atoms with Crippen LogP contribution in [0.2, 0.25) is 0 Å². The number of nitrogens with one attached hydrogen (secondary N) is 1. The molecule has 1 aliphatic heterocycles. The summed E-state index contributed by atoms with van der Waals surface area (Å²) < 4.78 is 20.1. The molecule has 0 bridgehead atoms. The molecule has 0 radical (unpaired) electrons. The van der Waals surface area contributed by atoms with E-state index in [2.05, 4.69) is 5.32 Å². The number of hydrogen-bond donors (Lipinski definition) is 3. The van der Waals surface area contributed by atoms with Gasteiger partial charge in [-0.2, -0.15) is 0 Å². The SMILES string of the molecule is COCCC1(C(=O)[C@H]2CCCNC2)C=CC(CO)(c2cccc(F)c2C)C(C(=O)c2ccc(CO)cc2)=C1. The van der Waals surface area contributed by atoms with Gasteiger partial charge in [0, 0.05) is 37.3 Å². The van der Waals surface area contributed by atoms with Gasteiger partial charge in [-0.1, -0.05) is 54.6 Å². The standard InChI is InChI=1S/C31H36FNO5/c1-21-25(6-3-7-27(21)32)31(20-35)13-12-30(14-16-38-2,29(37)24-5-4-15-33-18-24)17-26(31)28(36)23-10-8-22(19-34)9-11-23/h3,6-13,17,24,33-35H,4-5,14-16,18-20H2,1-2H3/t24-,30?,31?/m0/s1. The van der Waals surface area contributed by atoms with E-state index in [1.54, 1.807) is 68.7 Å². The molecule has 1 heterocycles. The number of methoxy groups -OCH3 is 1. The minimum atomic E-state index is -1.35. The Morgan fingerprint density at radius 2 is 1.89 bits per heavy atom. The van der Waals surface area contributed by atoms with E-state index in [0.29, 0.717) is 41.8 Å². The van der Waals surface area contributed by atoms with E-state index in [1.807, 2.05) is 0 Å². The lowest BCUT2D eigenvalue weighted by atomic mass is 9.61. The van der Waals surface area contributed by atoms with Crippen molar-refractivity contribution in [2.75, 3.05) is 33.4 Å². The van der Waals surface area contributed by atoms with Gasteiger partial charge >= 0.3 is 0 Å². The number of halogens is 1. The van der Waals surface area contributed by atoms with Crippen molar-refractivity contribution in [3.63, 3.8) is 0 Å². The highest BCUT2D eigenvalue weighted by molar-refractivity contribution is 6.12. The first kappa shape index (κ1) is 28.0. The quantitative estimate of drug-likeness (QED) is 0.325. The third kappa shape index (κ3) is 5.16. The van der Waals surface area contributed by atoms with E-state index in [4.69, 9.17) is 4.74 Å². The first-order valence-electron chi connectivity index (χ1n) is 13.1. The first-order chi connectivity index (χ1) is 18.3. The summed E-state index contributed by atoms with van der Waals surface area (Å²) >= 11 is 0. The molecular weight excluding hydrogens is 485 g/mol. The Bertz CT molecular complexity index is 1230. The molecule has 0 saturated carbocycles. The van der Waals surface area contributed by atoms with Crippen molar-refractivity contribution >= 4 is 11.6 Å². The summed E-state index contributed by atoms with van der Waals surface area (Å²) in [6, 6.07) is 11.2. The van der Waals surface area contributed by atoms with Crippen molar-refractivity contribution in [2.45, 2.75) is 38.2 Å². The minimum Gasteiger partial charge on any atom is -0.395 e. The maximum atomic E-state index is 14.8. The molecule has 202 valence electrons. The van der Waals surface area contributed by atoms with Crippen molar-refractivity contribution in [1.29, 1.82) is 0 Å². The lowest BCUT2D eigenvalue weighted by molar-refractivity contribution is -0.129. The summed E-state index contributed by atoms with van der Waals surface area (Å²) in [7, 11) is 1.57. The molecule has 1 saturated heterocycles. The van der Waals surface area contributed by atoms with Gasteiger partial charge in [-0.05, 0) is 55.5 Å². The molecule has 3 N–H and O–H groups in total. The zero-order valence-electron chi connectivity index (χ0n) is 22.0. The van der Waals surface area contributed by atoms with E-state index in [1.165, 1.54) is 6.07 Å². The molecule has 1 aliphatic carbocycles. The lowest BCUT2D eigenvalue weighted by Crippen LogP contribution is -2.46. The maximum absolute atomic E-state index is 14.8. The highest BCUT2D eigenvalue weighted by Crippen LogP contribution is 2.47. The number of piperidine rings is 1. The van der Waals surface area contributed by atoms with Gasteiger partial charge < -0.3 is 20.3 Å². The molecule has 3 atom stereocenters. The molecule has 38 heavy (non-hydrogen) atoms. The number of ether oxygens (including phenoxy) is 1. The molecule has 7 heteroatoms. The van der Waals surface area contributed by atoms with E-state index in [9.17, 15) is 24.2 Å². The third-order valence-corrected chi connectivity index (χ3v) is 8.04. The Labute approximate surface area is 223 Å². The number of Topliss-reactive ketones (excluding diaryl/α,β-unsaturated/α-hetero) is 2. The second-order valence-corrected chi connectivity index (χ2v) is 10.3. The summed E-state index contributed by atoms with van der Waals surface area (Å²) in [5.41, 5.74) is -0.439. The molecule has 2 aromatic carbocycles. The van der Waals surface area contributed by atoms with Crippen LogP contribution in [-0.4, -0.2) is 55.2 Å². The fraction of sp³-hybridized carbons (Fsp3) is 0.419. The molecule has 0 amide bonds. The number of benzene rings is 2. The Morgan fingerprint density at radius 3 is 2.53 bits per heavy atom. The maximum Gasteiger partial charge on any atom is 0.190 e. The van der Waals surface area contributed by atoms with Crippen LogP contribution in [0.15, 0.2) is 66.3 Å². The van der Waals surface area contributed by atoms with Crippen molar-refractivity contribution in [3.8, 4) is 0 Å². The number of rotatable bonds is 10. The predicted molar refractivity (Wildman–Crippen MR) is 143 cm³/mol. The van der Waals surface area contributed by atoms with Gasteiger partial charge in [0.05, 0.1) is 24.0 Å². The lowest BCUT2D eigenvalue weighted by Gasteiger charge is -2.42. The van der Waals surface area contributed by atoms with Gasteiger partial charge in [-0.15, -0.1) is 0 Å². The summed E-state index contributed by atoms with van der Waals surface area (Å²) in [6.45, 7) is 2.70. The minimum absolute atomic E-state index is 0.00133. The fourth-order valence-corrected chi connectivity index (χ4v) is 5.71. The molecule has 4 rings (SSSR count). The number of carbonyl (C=O) groups is 2. The van der Waals surface area contributed by atoms with Gasteiger partial charge in [0.2, 0.25) is 0 Å². The van der Waals surface area contributed by atoms with Crippen molar-refractivity contribution in [2.24, 2.45) is 11.3 Å².